The first-order chi connectivity index (χ1) is 7.65. The summed E-state index contributed by atoms with van der Waals surface area (Å²) >= 11 is 3.33. The Balaban J connectivity index is 2.47. The number of nitrogens with one attached hydrogen (secondary N) is 1. The van der Waals surface area contributed by atoms with Gasteiger partial charge in [-0.1, -0.05) is 13.8 Å². The van der Waals surface area contributed by atoms with Gasteiger partial charge < -0.3 is 10.2 Å². The normalized spacial score (nSPS) is 12.8. The molecular weight excluding hydrogens is 268 g/mol. The lowest BCUT2D eigenvalue weighted by atomic mass is 10.3. The van der Waals surface area contributed by atoms with E-state index in [4.69, 9.17) is 0 Å². The van der Waals surface area contributed by atoms with Gasteiger partial charge in [0.05, 0.1) is 0 Å². The number of nitrogens with zero attached hydrogens (tertiary/aromatic N) is 3. The second-order valence-electron chi connectivity index (χ2n) is 3.76. The van der Waals surface area contributed by atoms with Crippen molar-refractivity contribution in [2.45, 2.75) is 26.8 Å². The largest absolute Gasteiger partial charge is 0.366 e. The smallest absolute Gasteiger partial charge is 0.130 e. The Morgan fingerprint density at radius 1 is 1.38 bits per heavy atom. The van der Waals surface area contributed by atoms with E-state index in [9.17, 15) is 0 Å². The maximum atomic E-state index is 4.17. The van der Waals surface area contributed by atoms with E-state index in [1.165, 1.54) is 0 Å². The quantitative estimate of drug-likeness (QED) is 0.816. The summed E-state index contributed by atoms with van der Waals surface area (Å²) in [6, 6.07) is 2.26. The number of likely N-dealkylation sites (N-methyl/N-ethyl adjacent to an activating group) is 1. The summed E-state index contributed by atoms with van der Waals surface area (Å²) < 4.78 is 0.806. The van der Waals surface area contributed by atoms with Crippen molar-refractivity contribution in [3.63, 3.8) is 0 Å². The molecule has 1 rings (SSSR count). The molecule has 0 aliphatic rings. The van der Waals surface area contributed by atoms with Crippen LogP contribution in [-0.2, 0) is 0 Å². The van der Waals surface area contributed by atoms with Crippen molar-refractivity contribution in [1.82, 2.24) is 14.9 Å². The van der Waals surface area contributed by atoms with Crippen molar-refractivity contribution in [2.24, 2.45) is 0 Å². The molecule has 1 aromatic rings. The van der Waals surface area contributed by atoms with Gasteiger partial charge >= 0.3 is 0 Å². The highest BCUT2D eigenvalue weighted by molar-refractivity contribution is 9.10. The Hall–Kier alpha value is -0.680. The summed E-state index contributed by atoms with van der Waals surface area (Å²) in [5.74, 6) is 0.863. The topological polar surface area (TPSA) is 41.0 Å². The van der Waals surface area contributed by atoms with Crippen molar-refractivity contribution in [1.29, 1.82) is 0 Å². The first kappa shape index (κ1) is 13.4. The minimum Gasteiger partial charge on any atom is -0.366 e. The summed E-state index contributed by atoms with van der Waals surface area (Å²) in [7, 11) is 0. The Morgan fingerprint density at radius 2 is 2.06 bits per heavy atom. The maximum absolute atomic E-state index is 4.17. The van der Waals surface area contributed by atoms with Gasteiger partial charge in [-0.3, -0.25) is 0 Å². The van der Waals surface area contributed by atoms with Crippen LogP contribution in [0.15, 0.2) is 17.0 Å². The molecule has 0 fully saturated rings. The molecule has 0 radical (unpaired) electrons. The molecule has 0 bridgehead atoms. The zero-order chi connectivity index (χ0) is 12.0. The summed E-state index contributed by atoms with van der Waals surface area (Å²) in [6.07, 6.45) is 1.55. The van der Waals surface area contributed by atoms with Crippen molar-refractivity contribution in [3.8, 4) is 0 Å². The highest BCUT2D eigenvalue weighted by atomic mass is 79.9. The summed E-state index contributed by atoms with van der Waals surface area (Å²) in [6.45, 7) is 9.70. The van der Waals surface area contributed by atoms with Gasteiger partial charge in [0.1, 0.15) is 16.7 Å². The zero-order valence-electron chi connectivity index (χ0n) is 10.1. The second-order valence-corrected chi connectivity index (χ2v) is 4.57. The van der Waals surface area contributed by atoms with E-state index >= 15 is 0 Å². The number of aromatic nitrogens is 2. The van der Waals surface area contributed by atoms with Gasteiger partial charge in [0.25, 0.3) is 0 Å². The molecule has 5 heteroatoms. The Bertz CT molecular complexity index is 315. The standard InChI is InChI=1S/C11H19BrN4/c1-4-16(5-2)7-9(3)15-11-6-10(12)13-8-14-11/h6,8-9H,4-5,7H2,1-3H3,(H,13,14,15). The Morgan fingerprint density at radius 3 is 2.62 bits per heavy atom. The fourth-order valence-corrected chi connectivity index (χ4v) is 1.89. The third kappa shape index (κ3) is 4.45. The van der Waals surface area contributed by atoms with Crippen LogP contribution >= 0.6 is 15.9 Å². The molecule has 0 aromatic carbocycles. The molecular formula is C11H19BrN4. The Labute approximate surface area is 106 Å². The molecule has 0 saturated heterocycles. The van der Waals surface area contributed by atoms with Gasteiger partial charge in [-0.2, -0.15) is 0 Å². The molecule has 1 aromatic heterocycles. The highest BCUT2D eigenvalue weighted by Gasteiger charge is 2.07. The lowest BCUT2D eigenvalue weighted by molar-refractivity contribution is 0.294. The number of halogens is 1. The van der Waals surface area contributed by atoms with Crippen molar-refractivity contribution < 1.29 is 0 Å². The molecule has 1 heterocycles. The molecule has 0 aliphatic carbocycles. The predicted molar refractivity (Wildman–Crippen MR) is 70.6 cm³/mol. The van der Waals surface area contributed by atoms with Gasteiger partial charge in [-0.15, -0.1) is 0 Å². The molecule has 16 heavy (non-hydrogen) atoms. The first-order valence-electron chi connectivity index (χ1n) is 5.62. The average Bonchev–Trinajstić information content (AvgIpc) is 2.26. The Kier molecular flexibility index (Phi) is 5.69. The zero-order valence-corrected chi connectivity index (χ0v) is 11.7. The number of hydrogen-bond donors (Lipinski definition) is 1. The average molecular weight is 287 g/mol. The van der Waals surface area contributed by atoms with E-state index in [0.717, 1.165) is 30.1 Å². The predicted octanol–water partition coefficient (Wildman–Crippen LogP) is 2.38. The molecule has 0 saturated carbocycles. The monoisotopic (exact) mass is 286 g/mol. The minimum atomic E-state index is 0.377. The van der Waals surface area contributed by atoms with Gasteiger partial charge in [0, 0.05) is 18.7 Å². The number of hydrogen-bond acceptors (Lipinski definition) is 4. The molecule has 0 amide bonds. The minimum absolute atomic E-state index is 0.377. The lowest BCUT2D eigenvalue weighted by Crippen LogP contribution is -2.34. The molecule has 0 spiro atoms. The van der Waals surface area contributed by atoms with Crippen LogP contribution in [0.2, 0.25) is 0 Å². The molecule has 0 aliphatic heterocycles. The summed E-state index contributed by atoms with van der Waals surface area (Å²) in [4.78, 5) is 10.5. The lowest BCUT2D eigenvalue weighted by Gasteiger charge is -2.23. The fraction of sp³-hybridized carbons (Fsp3) is 0.636. The van der Waals surface area contributed by atoms with Gasteiger partial charge in [0.15, 0.2) is 0 Å². The maximum Gasteiger partial charge on any atom is 0.130 e. The molecule has 1 unspecified atom stereocenters. The van der Waals surface area contributed by atoms with E-state index in [2.05, 4.69) is 56.9 Å². The number of rotatable bonds is 6. The number of anilines is 1. The third-order valence-electron chi connectivity index (χ3n) is 2.45. The second kappa shape index (κ2) is 6.81. The van der Waals surface area contributed by atoms with E-state index in [0.29, 0.717) is 6.04 Å². The summed E-state index contributed by atoms with van der Waals surface area (Å²) in [5.41, 5.74) is 0. The van der Waals surface area contributed by atoms with E-state index < -0.39 is 0 Å². The summed E-state index contributed by atoms with van der Waals surface area (Å²) in [5, 5.41) is 3.36. The molecule has 4 nitrogen and oxygen atoms in total. The van der Waals surface area contributed by atoms with Crippen molar-refractivity contribution in [3.05, 3.63) is 17.0 Å². The fourth-order valence-electron chi connectivity index (χ4n) is 1.58. The van der Waals surface area contributed by atoms with Crippen molar-refractivity contribution >= 4 is 21.7 Å². The van der Waals surface area contributed by atoms with Crippen LogP contribution < -0.4 is 5.32 Å². The van der Waals surface area contributed by atoms with Crippen LogP contribution in [0, 0.1) is 0 Å². The molecule has 1 atom stereocenters. The van der Waals surface area contributed by atoms with Crippen LogP contribution in [0.5, 0.6) is 0 Å². The van der Waals surface area contributed by atoms with Crippen molar-refractivity contribution in [2.75, 3.05) is 25.0 Å². The highest BCUT2D eigenvalue weighted by Crippen LogP contribution is 2.10. The molecule has 1 N–H and O–H groups in total. The molecule has 90 valence electrons. The van der Waals surface area contributed by atoms with Crippen LogP contribution in [0.4, 0.5) is 5.82 Å². The van der Waals surface area contributed by atoms with Gasteiger partial charge in [0.2, 0.25) is 0 Å². The van der Waals surface area contributed by atoms with Crippen LogP contribution in [0.3, 0.4) is 0 Å². The van der Waals surface area contributed by atoms with Crippen LogP contribution in [-0.4, -0.2) is 40.5 Å². The SMILES string of the molecule is CCN(CC)CC(C)Nc1cc(Br)ncn1. The van der Waals surface area contributed by atoms with Gasteiger partial charge in [-0.25, -0.2) is 9.97 Å². The first-order valence-corrected chi connectivity index (χ1v) is 6.41. The van der Waals surface area contributed by atoms with Crippen LogP contribution in [0.25, 0.3) is 0 Å². The van der Waals surface area contributed by atoms with E-state index in [1.54, 1.807) is 6.33 Å². The third-order valence-corrected chi connectivity index (χ3v) is 2.89. The van der Waals surface area contributed by atoms with Crippen LogP contribution in [0.1, 0.15) is 20.8 Å². The van der Waals surface area contributed by atoms with E-state index in [-0.39, 0.29) is 0 Å². The van der Waals surface area contributed by atoms with Gasteiger partial charge in [-0.05, 0) is 35.9 Å². The van der Waals surface area contributed by atoms with E-state index in [1.807, 2.05) is 6.07 Å².